The van der Waals surface area contributed by atoms with Gasteiger partial charge in [-0.2, -0.15) is 0 Å². The van der Waals surface area contributed by atoms with Crippen LogP contribution in [0.3, 0.4) is 0 Å². The predicted octanol–water partition coefficient (Wildman–Crippen LogP) is 3.22. The molecule has 0 amide bonds. The summed E-state index contributed by atoms with van der Waals surface area (Å²) in [6.07, 6.45) is 0.500. The number of carboxylic acids is 1. The topological polar surface area (TPSA) is 63.3 Å². The summed E-state index contributed by atoms with van der Waals surface area (Å²) in [5.41, 5.74) is 1.88. The molecule has 0 bridgehead atoms. The van der Waals surface area contributed by atoms with Gasteiger partial charge < -0.3 is 9.52 Å². The average molecular weight is 291 g/mol. The summed E-state index contributed by atoms with van der Waals surface area (Å²) in [6.45, 7) is 3.74. The zero-order valence-electron chi connectivity index (χ0n) is 11.5. The molecule has 0 fully saturated rings. The molecule has 1 unspecified atom stereocenters. The van der Waals surface area contributed by atoms with E-state index in [4.69, 9.17) is 4.42 Å². The second-order valence-electron chi connectivity index (χ2n) is 4.58. The molecule has 0 saturated heterocycles. The third-order valence-electron chi connectivity index (χ3n) is 3.02. The maximum absolute atomic E-state index is 11.3. The Hall–Kier alpha value is -1.75. The van der Waals surface area contributed by atoms with E-state index in [9.17, 15) is 9.90 Å². The van der Waals surface area contributed by atoms with Crippen molar-refractivity contribution in [3.8, 4) is 0 Å². The number of carbonyl (C=O) groups is 1. The van der Waals surface area contributed by atoms with E-state index in [1.54, 1.807) is 0 Å². The molecule has 20 heavy (non-hydrogen) atoms. The predicted molar refractivity (Wildman–Crippen MR) is 78.8 cm³/mol. The van der Waals surface area contributed by atoms with Crippen LogP contribution < -0.4 is 0 Å². The fraction of sp³-hybridized carbons (Fsp3) is 0.333. The molecule has 0 radical (unpaired) electrons. The Morgan fingerprint density at radius 3 is 2.60 bits per heavy atom. The molecule has 0 aliphatic heterocycles. The summed E-state index contributed by atoms with van der Waals surface area (Å²) in [6, 6.07) is 9.63. The number of carboxylic acid groups (broad SMARTS) is 1. The molecule has 2 aromatic rings. The van der Waals surface area contributed by atoms with E-state index in [0.717, 1.165) is 17.0 Å². The summed E-state index contributed by atoms with van der Waals surface area (Å²) in [5, 5.41) is 8.81. The SMILES string of the molecule is Cc1nc(CSC(Cc2ccccc2)C(=O)O)oc1C. The third kappa shape index (κ3) is 3.87. The summed E-state index contributed by atoms with van der Waals surface area (Å²) in [7, 11) is 0. The van der Waals surface area contributed by atoms with Crippen LogP contribution in [-0.4, -0.2) is 21.3 Å². The van der Waals surface area contributed by atoms with Crippen molar-refractivity contribution in [3.05, 3.63) is 53.2 Å². The first kappa shape index (κ1) is 14.7. The number of hydrogen-bond donors (Lipinski definition) is 1. The lowest BCUT2D eigenvalue weighted by Gasteiger charge is -2.10. The van der Waals surface area contributed by atoms with Gasteiger partial charge in [0.15, 0.2) is 0 Å². The fourth-order valence-corrected chi connectivity index (χ4v) is 2.74. The van der Waals surface area contributed by atoms with Crippen molar-refractivity contribution in [3.63, 3.8) is 0 Å². The van der Waals surface area contributed by atoms with Gasteiger partial charge in [0.1, 0.15) is 11.0 Å². The van der Waals surface area contributed by atoms with Gasteiger partial charge in [-0.15, -0.1) is 11.8 Å². The number of aromatic nitrogens is 1. The summed E-state index contributed by atoms with van der Waals surface area (Å²) < 4.78 is 5.47. The van der Waals surface area contributed by atoms with E-state index >= 15 is 0 Å². The zero-order chi connectivity index (χ0) is 14.5. The molecule has 1 aromatic heterocycles. The Labute approximate surface area is 122 Å². The van der Waals surface area contributed by atoms with Gasteiger partial charge in [-0.3, -0.25) is 4.79 Å². The van der Waals surface area contributed by atoms with Crippen molar-refractivity contribution in [2.24, 2.45) is 0 Å². The molecule has 106 valence electrons. The molecule has 1 atom stereocenters. The van der Waals surface area contributed by atoms with Crippen LogP contribution in [0.15, 0.2) is 34.7 Å². The second-order valence-corrected chi connectivity index (χ2v) is 5.77. The van der Waals surface area contributed by atoms with Crippen LogP contribution in [0.25, 0.3) is 0 Å². The Kier molecular flexibility index (Phi) is 4.84. The van der Waals surface area contributed by atoms with E-state index in [1.807, 2.05) is 44.2 Å². The van der Waals surface area contributed by atoms with Crippen molar-refractivity contribution in [2.75, 3.05) is 0 Å². The summed E-state index contributed by atoms with van der Waals surface area (Å²) in [5.74, 6) is 1.04. The Morgan fingerprint density at radius 2 is 2.05 bits per heavy atom. The molecule has 4 nitrogen and oxygen atoms in total. The van der Waals surface area contributed by atoms with Crippen molar-refractivity contribution >= 4 is 17.7 Å². The number of thioether (sulfide) groups is 1. The van der Waals surface area contributed by atoms with E-state index in [-0.39, 0.29) is 0 Å². The second kappa shape index (κ2) is 6.61. The lowest BCUT2D eigenvalue weighted by Crippen LogP contribution is -2.19. The maximum Gasteiger partial charge on any atom is 0.316 e. The average Bonchev–Trinajstić information content (AvgIpc) is 2.74. The lowest BCUT2D eigenvalue weighted by atomic mass is 10.1. The number of nitrogens with zero attached hydrogens (tertiary/aromatic N) is 1. The minimum Gasteiger partial charge on any atom is -0.480 e. The molecule has 1 heterocycles. The van der Waals surface area contributed by atoms with Crippen molar-refractivity contribution in [1.82, 2.24) is 4.98 Å². The van der Waals surface area contributed by atoms with E-state index in [2.05, 4.69) is 4.98 Å². The molecule has 0 spiro atoms. The summed E-state index contributed by atoms with van der Waals surface area (Å²) >= 11 is 1.34. The van der Waals surface area contributed by atoms with Gasteiger partial charge in [0.25, 0.3) is 0 Å². The van der Waals surface area contributed by atoms with Gasteiger partial charge in [-0.05, 0) is 25.8 Å². The number of rotatable bonds is 6. The number of oxazole rings is 1. The van der Waals surface area contributed by atoms with Gasteiger partial charge in [-0.1, -0.05) is 30.3 Å². The Bertz CT molecular complexity index is 561. The van der Waals surface area contributed by atoms with Crippen LogP contribution >= 0.6 is 11.8 Å². The molecular formula is C15H17NO3S. The van der Waals surface area contributed by atoms with Crippen molar-refractivity contribution in [1.29, 1.82) is 0 Å². The normalized spacial score (nSPS) is 12.3. The maximum atomic E-state index is 11.3. The minimum atomic E-state index is -0.807. The Balaban J connectivity index is 1.97. The van der Waals surface area contributed by atoms with E-state index < -0.39 is 11.2 Å². The van der Waals surface area contributed by atoms with Crippen LogP contribution in [0.4, 0.5) is 0 Å². The fourth-order valence-electron chi connectivity index (χ4n) is 1.82. The van der Waals surface area contributed by atoms with Crippen molar-refractivity contribution in [2.45, 2.75) is 31.3 Å². The first-order valence-electron chi connectivity index (χ1n) is 6.37. The Morgan fingerprint density at radius 1 is 1.35 bits per heavy atom. The number of aliphatic carboxylic acids is 1. The van der Waals surface area contributed by atoms with Crippen LogP contribution in [-0.2, 0) is 17.0 Å². The van der Waals surface area contributed by atoms with Gasteiger partial charge in [0.2, 0.25) is 5.89 Å². The summed E-state index contributed by atoms with van der Waals surface area (Å²) in [4.78, 5) is 15.6. The molecule has 0 aliphatic rings. The molecule has 1 aromatic carbocycles. The van der Waals surface area contributed by atoms with Gasteiger partial charge >= 0.3 is 5.97 Å². The van der Waals surface area contributed by atoms with Crippen LogP contribution in [0.1, 0.15) is 22.9 Å². The monoisotopic (exact) mass is 291 g/mol. The highest BCUT2D eigenvalue weighted by Gasteiger charge is 2.20. The van der Waals surface area contributed by atoms with Crippen LogP contribution in [0, 0.1) is 13.8 Å². The molecule has 0 saturated carbocycles. The highest BCUT2D eigenvalue weighted by atomic mass is 32.2. The van der Waals surface area contributed by atoms with Crippen LogP contribution in [0.5, 0.6) is 0 Å². The highest BCUT2D eigenvalue weighted by molar-refractivity contribution is 7.99. The van der Waals surface area contributed by atoms with Gasteiger partial charge in [-0.25, -0.2) is 4.98 Å². The van der Waals surface area contributed by atoms with Gasteiger partial charge in [0, 0.05) is 0 Å². The van der Waals surface area contributed by atoms with Gasteiger partial charge in [0.05, 0.1) is 11.4 Å². The van der Waals surface area contributed by atoms with E-state index in [1.165, 1.54) is 11.8 Å². The minimum absolute atomic E-state index is 0.471. The largest absolute Gasteiger partial charge is 0.480 e. The first-order valence-corrected chi connectivity index (χ1v) is 7.42. The number of aryl methyl sites for hydroxylation is 2. The molecule has 1 N–H and O–H groups in total. The smallest absolute Gasteiger partial charge is 0.316 e. The molecule has 0 aliphatic carbocycles. The zero-order valence-corrected chi connectivity index (χ0v) is 12.3. The van der Waals surface area contributed by atoms with E-state index in [0.29, 0.717) is 18.1 Å². The number of hydrogen-bond acceptors (Lipinski definition) is 4. The molecule has 5 heteroatoms. The lowest BCUT2D eigenvalue weighted by molar-refractivity contribution is -0.136. The third-order valence-corrected chi connectivity index (χ3v) is 4.20. The molecular weight excluding hydrogens is 274 g/mol. The standard InChI is InChI=1S/C15H17NO3S/c1-10-11(2)19-14(16-10)9-20-13(15(17)18)8-12-6-4-3-5-7-12/h3-7,13H,8-9H2,1-2H3,(H,17,18). The quantitative estimate of drug-likeness (QED) is 0.885. The number of benzene rings is 1. The van der Waals surface area contributed by atoms with Crippen LogP contribution in [0.2, 0.25) is 0 Å². The first-order chi connectivity index (χ1) is 9.56. The van der Waals surface area contributed by atoms with Crippen molar-refractivity contribution < 1.29 is 14.3 Å². The molecule has 2 rings (SSSR count). The highest BCUT2D eigenvalue weighted by Crippen LogP contribution is 2.22.